The fourth-order valence-electron chi connectivity index (χ4n) is 2.97. The lowest BCUT2D eigenvalue weighted by atomic mass is 10.0. The smallest absolute Gasteiger partial charge is 0.238 e. The molecule has 6 nitrogen and oxygen atoms in total. The number of thioether (sulfide) groups is 1. The van der Waals surface area contributed by atoms with Gasteiger partial charge in [-0.05, 0) is 58.3 Å². The Balaban J connectivity index is 1.79. The van der Waals surface area contributed by atoms with E-state index in [0.29, 0.717) is 33.2 Å². The van der Waals surface area contributed by atoms with E-state index in [9.17, 15) is 12.8 Å². The van der Waals surface area contributed by atoms with Crippen LogP contribution in [-0.2, 0) is 15.8 Å². The van der Waals surface area contributed by atoms with Crippen LogP contribution in [0.3, 0.4) is 0 Å². The van der Waals surface area contributed by atoms with Gasteiger partial charge in [0.25, 0.3) is 0 Å². The number of nitrogens with two attached hydrogens (primary N) is 1. The number of nitrogens with zero attached hydrogens (tertiary/aromatic N) is 1. The minimum Gasteiger partial charge on any atom is -0.494 e. The molecule has 2 N–H and O–H groups in total. The van der Waals surface area contributed by atoms with Crippen LogP contribution in [0.1, 0.15) is 5.56 Å². The third-order valence-corrected chi connectivity index (χ3v) is 7.19. The van der Waals surface area contributed by atoms with E-state index in [1.54, 1.807) is 29.5 Å². The molecule has 0 unspecified atom stereocenters. The maximum absolute atomic E-state index is 14.3. The average molecular weight is 477 g/mol. The van der Waals surface area contributed by atoms with Crippen LogP contribution in [0.5, 0.6) is 5.75 Å². The zero-order chi connectivity index (χ0) is 22.0. The second-order valence-electron chi connectivity index (χ2n) is 6.53. The van der Waals surface area contributed by atoms with E-state index >= 15 is 0 Å². The molecule has 0 saturated carbocycles. The van der Waals surface area contributed by atoms with Crippen molar-refractivity contribution in [3.63, 3.8) is 0 Å². The van der Waals surface area contributed by atoms with Gasteiger partial charge in [0.05, 0.1) is 17.6 Å². The molecule has 4 aromatic rings. The van der Waals surface area contributed by atoms with Crippen molar-refractivity contribution in [2.24, 2.45) is 5.14 Å². The summed E-state index contributed by atoms with van der Waals surface area (Å²) in [7, 11) is -2.43. The highest BCUT2D eigenvalue weighted by molar-refractivity contribution is 7.98. The first-order valence-corrected chi connectivity index (χ1v) is 12.4. The summed E-state index contributed by atoms with van der Waals surface area (Å²) < 4.78 is 48.1. The fraction of sp³-hybridized carbons (Fsp3) is 0.0952. The van der Waals surface area contributed by atoms with E-state index in [0.717, 1.165) is 5.56 Å². The Hall–Kier alpha value is -2.66. The summed E-state index contributed by atoms with van der Waals surface area (Å²) in [4.78, 5) is -0.00257. The maximum Gasteiger partial charge on any atom is 0.238 e. The second kappa shape index (κ2) is 8.83. The van der Waals surface area contributed by atoms with Gasteiger partial charge in [-0.3, -0.25) is 0 Å². The number of sulfonamides is 1. The topological polar surface area (TPSA) is 95.4 Å². The normalized spacial score (nSPS) is 11.6. The molecule has 0 aliphatic heterocycles. The number of hydrogen-bond acceptors (Lipinski definition) is 7. The Labute approximate surface area is 186 Å². The Bertz CT molecular complexity index is 1300. The summed E-state index contributed by atoms with van der Waals surface area (Å²) in [5.41, 5.74) is 3.41. The SMILES string of the molecule is COc1ccc(-c2noc(SCc3ccsc3)c2-c2ccc(S(N)(=O)=O)cc2)cc1F. The molecule has 0 atom stereocenters. The number of rotatable bonds is 7. The molecule has 0 fully saturated rings. The molecule has 160 valence electrons. The largest absolute Gasteiger partial charge is 0.494 e. The monoisotopic (exact) mass is 476 g/mol. The van der Waals surface area contributed by atoms with E-state index in [4.69, 9.17) is 14.4 Å². The van der Waals surface area contributed by atoms with Gasteiger partial charge in [0, 0.05) is 11.3 Å². The standard InChI is InChI=1S/C21H17FN2O4S3/c1-27-18-7-4-15(10-17(18)22)20-19(14-2-5-16(6-3-14)31(23,25)26)21(28-24-20)30-12-13-8-9-29-11-13/h2-11H,12H2,1H3,(H2,23,25,26). The molecule has 4 rings (SSSR count). The van der Waals surface area contributed by atoms with Crippen LogP contribution in [0, 0.1) is 5.82 Å². The summed E-state index contributed by atoms with van der Waals surface area (Å²) in [6, 6.07) is 12.7. The van der Waals surface area contributed by atoms with Crippen molar-refractivity contribution in [3.8, 4) is 28.1 Å². The number of methoxy groups -OCH3 is 1. The van der Waals surface area contributed by atoms with Crippen LogP contribution in [0.25, 0.3) is 22.4 Å². The minimum absolute atomic E-state index is 0.00257. The maximum atomic E-state index is 14.3. The predicted octanol–water partition coefficient (Wildman–Crippen LogP) is 5.16. The van der Waals surface area contributed by atoms with E-state index in [1.807, 2.05) is 16.8 Å². The highest BCUT2D eigenvalue weighted by Crippen LogP contribution is 2.41. The van der Waals surface area contributed by atoms with Crippen molar-refractivity contribution < 1.29 is 22.1 Å². The van der Waals surface area contributed by atoms with Gasteiger partial charge < -0.3 is 9.26 Å². The quantitative estimate of drug-likeness (QED) is 0.370. The molecule has 2 heterocycles. The zero-order valence-corrected chi connectivity index (χ0v) is 18.7. The van der Waals surface area contributed by atoms with Crippen LogP contribution in [-0.4, -0.2) is 20.7 Å². The highest BCUT2D eigenvalue weighted by Gasteiger charge is 2.22. The van der Waals surface area contributed by atoms with Crippen molar-refractivity contribution in [1.82, 2.24) is 5.16 Å². The van der Waals surface area contributed by atoms with Crippen molar-refractivity contribution in [1.29, 1.82) is 0 Å². The average Bonchev–Trinajstić information content (AvgIpc) is 3.41. The number of hydrogen-bond donors (Lipinski definition) is 1. The molecule has 31 heavy (non-hydrogen) atoms. The third-order valence-electron chi connectivity index (χ3n) is 4.51. The first-order valence-electron chi connectivity index (χ1n) is 8.97. The van der Waals surface area contributed by atoms with E-state index in [1.165, 1.54) is 43.1 Å². The Morgan fingerprint density at radius 1 is 1.16 bits per heavy atom. The van der Waals surface area contributed by atoms with Crippen molar-refractivity contribution in [2.75, 3.05) is 7.11 Å². The number of benzene rings is 2. The van der Waals surface area contributed by atoms with Gasteiger partial charge >= 0.3 is 0 Å². The minimum atomic E-state index is -3.82. The molecular formula is C21H17FN2O4S3. The van der Waals surface area contributed by atoms with Crippen molar-refractivity contribution in [2.45, 2.75) is 15.7 Å². The van der Waals surface area contributed by atoms with E-state index in [-0.39, 0.29) is 10.6 Å². The van der Waals surface area contributed by atoms with Gasteiger partial charge in [0.1, 0.15) is 5.69 Å². The number of halogens is 1. The molecule has 10 heteroatoms. The van der Waals surface area contributed by atoms with E-state index < -0.39 is 15.8 Å². The lowest BCUT2D eigenvalue weighted by molar-refractivity contribution is 0.352. The van der Waals surface area contributed by atoms with Crippen LogP contribution in [0.2, 0.25) is 0 Å². The summed E-state index contributed by atoms with van der Waals surface area (Å²) >= 11 is 3.06. The van der Waals surface area contributed by atoms with Crippen molar-refractivity contribution in [3.05, 3.63) is 70.7 Å². The lowest BCUT2D eigenvalue weighted by Gasteiger charge is -2.07. The fourth-order valence-corrected chi connectivity index (χ4v) is 5.19. The molecule has 2 aromatic carbocycles. The highest BCUT2D eigenvalue weighted by atomic mass is 32.2. The molecule has 0 radical (unpaired) electrons. The van der Waals surface area contributed by atoms with Gasteiger partial charge in [-0.2, -0.15) is 11.3 Å². The molecule has 0 aliphatic rings. The number of ether oxygens (including phenoxy) is 1. The third kappa shape index (κ3) is 4.67. The number of aromatic nitrogens is 1. The first-order chi connectivity index (χ1) is 14.9. The molecule has 0 amide bonds. The Kier molecular flexibility index (Phi) is 6.15. The van der Waals surface area contributed by atoms with Crippen LogP contribution in [0.4, 0.5) is 4.39 Å². The second-order valence-corrected chi connectivity index (χ2v) is 9.82. The van der Waals surface area contributed by atoms with Gasteiger partial charge in [-0.1, -0.05) is 29.1 Å². The van der Waals surface area contributed by atoms with E-state index in [2.05, 4.69) is 5.16 Å². The summed E-state index contributed by atoms with van der Waals surface area (Å²) in [6.07, 6.45) is 0. The summed E-state index contributed by atoms with van der Waals surface area (Å²) in [6.45, 7) is 0. The summed E-state index contributed by atoms with van der Waals surface area (Å²) in [5.74, 6) is 0.265. The van der Waals surface area contributed by atoms with Gasteiger partial charge in [0.2, 0.25) is 15.1 Å². The molecule has 0 aliphatic carbocycles. The molecule has 0 bridgehead atoms. The molecule has 0 spiro atoms. The van der Waals surface area contributed by atoms with Gasteiger partial charge in [0.15, 0.2) is 11.6 Å². The number of primary sulfonamides is 1. The number of thiophene rings is 1. The van der Waals surface area contributed by atoms with Crippen LogP contribution in [0.15, 0.2) is 73.8 Å². The molecule has 0 saturated heterocycles. The molecular weight excluding hydrogens is 459 g/mol. The van der Waals surface area contributed by atoms with Crippen LogP contribution >= 0.6 is 23.1 Å². The lowest BCUT2D eigenvalue weighted by Crippen LogP contribution is -2.11. The van der Waals surface area contributed by atoms with Crippen LogP contribution < -0.4 is 9.88 Å². The molecule has 2 aromatic heterocycles. The zero-order valence-electron chi connectivity index (χ0n) is 16.2. The van der Waals surface area contributed by atoms with Crippen molar-refractivity contribution >= 4 is 33.1 Å². The van der Waals surface area contributed by atoms with Gasteiger partial charge in [-0.15, -0.1) is 0 Å². The van der Waals surface area contributed by atoms with Gasteiger partial charge in [-0.25, -0.2) is 17.9 Å². The predicted molar refractivity (Wildman–Crippen MR) is 119 cm³/mol. The Morgan fingerprint density at radius 3 is 2.52 bits per heavy atom. The summed E-state index contributed by atoms with van der Waals surface area (Å²) in [5, 5.41) is 14.0. The Morgan fingerprint density at radius 2 is 1.90 bits per heavy atom. The first kappa shape index (κ1) is 21.6.